The number of ether oxygens (including phenoxy) is 1. The van der Waals surface area contributed by atoms with Gasteiger partial charge in [-0.3, -0.25) is 5.10 Å². The van der Waals surface area contributed by atoms with Crippen LogP contribution >= 0.6 is 11.8 Å². The van der Waals surface area contributed by atoms with Crippen LogP contribution in [-0.4, -0.2) is 33.0 Å². The number of nitrogens with zero attached hydrogens (tertiary/aromatic N) is 3. The highest BCUT2D eigenvalue weighted by atomic mass is 32.2. The van der Waals surface area contributed by atoms with Crippen LogP contribution in [0, 0.1) is 11.3 Å². The molecule has 1 atom stereocenters. The fraction of sp³-hybridized carbons (Fsp3) is 0.294. The Hall–Kier alpha value is -2.59. The molecule has 1 aromatic carbocycles. The molecule has 0 radical (unpaired) electrons. The van der Waals surface area contributed by atoms with E-state index in [2.05, 4.69) is 21.3 Å². The van der Waals surface area contributed by atoms with Crippen LogP contribution in [0.5, 0.6) is 0 Å². The predicted octanol–water partition coefficient (Wildman–Crippen LogP) is 2.75. The third kappa shape index (κ3) is 3.19. The lowest BCUT2D eigenvalue weighted by Gasteiger charge is -2.27. The first-order chi connectivity index (χ1) is 11.7. The van der Waals surface area contributed by atoms with E-state index in [4.69, 9.17) is 4.74 Å². The topological polar surface area (TPSA) is 91.7 Å². The van der Waals surface area contributed by atoms with E-state index >= 15 is 0 Å². The fourth-order valence-electron chi connectivity index (χ4n) is 2.82. The van der Waals surface area contributed by atoms with Crippen molar-refractivity contribution >= 4 is 23.3 Å². The van der Waals surface area contributed by atoms with Gasteiger partial charge in [0.05, 0.1) is 6.61 Å². The molecular weight excluding hydrogens is 324 g/mol. The minimum absolute atomic E-state index is 0.0630. The molecular formula is C17H16N4O2S. The minimum atomic E-state index is -0.574. The summed E-state index contributed by atoms with van der Waals surface area (Å²) < 4.78 is 5.08. The summed E-state index contributed by atoms with van der Waals surface area (Å²) in [4.78, 5) is 16.4. The van der Waals surface area contributed by atoms with E-state index in [0.717, 1.165) is 29.5 Å². The number of thioether (sulfide) groups is 1. The van der Waals surface area contributed by atoms with Gasteiger partial charge in [-0.25, -0.2) is 9.78 Å². The van der Waals surface area contributed by atoms with Crippen LogP contribution in [0.3, 0.4) is 0 Å². The number of nitrogens with one attached hydrogen (secondary N) is 1. The number of benzene rings is 1. The number of carbonyl (C=O) groups is 1. The van der Waals surface area contributed by atoms with E-state index in [1.54, 1.807) is 6.92 Å². The molecule has 1 heterocycles. The molecule has 0 fully saturated rings. The molecule has 0 aliphatic heterocycles. The van der Waals surface area contributed by atoms with E-state index in [-0.39, 0.29) is 17.4 Å². The highest BCUT2D eigenvalue weighted by Gasteiger charge is 2.31. The number of fused-ring (bicyclic) bond motifs is 1. The molecule has 2 aromatic rings. The first kappa shape index (κ1) is 16.3. The quantitative estimate of drug-likeness (QED) is 0.523. The third-order valence-electron chi connectivity index (χ3n) is 3.81. The normalized spacial score (nSPS) is 18.4. The number of hydrogen-bond acceptors (Lipinski definition) is 6. The molecule has 122 valence electrons. The summed E-state index contributed by atoms with van der Waals surface area (Å²) in [5.41, 5.74) is 2.87. The van der Waals surface area contributed by atoms with Crippen molar-refractivity contribution in [2.75, 3.05) is 6.61 Å². The Kier molecular flexibility index (Phi) is 4.96. The minimum Gasteiger partial charge on any atom is -0.462 e. The average molecular weight is 340 g/mol. The van der Waals surface area contributed by atoms with Crippen molar-refractivity contribution < 1.29 is 9.53 Å². The second-order valence-electron chi connectivity index (χ2n) is 5.21. The zero-order valence-electron chi connectivity index (χ0n) is 13.2. The molecule has 0 saturated heterocycles. The van der Waals surface area contributed by atoms with E-state index < -0.39 is 5.97 Å². The molecule has 3 rings (SSSR count). The number of hydrogen-bond donors (Lipinski definition) is 1. The van der Waals surface area contributed by atoms with Gasteiger partial charge < -0.3 is 4.74 Å². The summed E-state index contributed by atoms with van der Waals surface area (Å²) in [6.45, 7) is 1.96. The molecule has 0 spiro atoms. The Bertz CT molecular complexity index is 808. The van der Waals surface area contributed by atoms with Gasteiger partial charge in [-0.15, -0.1) is 0 Å². The number of aromatic amines is 1. The molecule has 7 heteroatoms. The lowest BCUT2D eigenvalue weighted by molar-refractivity contribution is -0.137. The van der Waals surface area contributed by atoms with Crippen molar-refractivity contribution in [1.29, 1.82) is 5.26 Å². The van der Waals surface area contributed by atoms with Crippen LogP contribution in [0.2, 0.25) is 0 Å². The number of rotatable bonds is 4. The zero-order valence-corrected chi connectivity index (χ0v) is 14.0. The van der Waals surface area contributed by atoms with Crippen LogP contribution in [0.1, 0.15) is 24.5 Å². The Balaban J connectivity index is 2.09. The molecule has 1 aliphatic carbocycles. The first-order valence-electron chi connectivity index (χ1n) is 7.66. The lowest BCUT2D eigenvalue weighted by Crippen LogP contribution is -2.20. The first-order valence-corrected chi connectivity index (χ1v) is 8.54. The second-order valence-corrected chi connectivity index (χ2v) is 6.41. The molecule has 0 amide bonds. The van der Waals surface area contributed by atoms with Crippen LogP contribution in [-0.2, 0) is 16.0 Å². The maximum absolute atomic E-state index is 12.3. The van der Waals surface area contributed by atoms with Crippen LogP contribution in [0.4, 0.5) is 0 Å². The molecule has 24 heavy (non-hydrogen) atoms. The molecule has 6 nitrogen and oxygen atoms in total. The smallest absolute Gasteiger partial charge is 0.349 e. The number of aryl methyl sites for hydroxylation is 1. The van der Waals surface area contributed by atoms with Gasteiger partial charge in [0, 0.05) is 5.25 Å². The van der Waals surface area contributed by atoms with Crippen molar-refractivity contribution in [3.05, 3.63) is 47.3 Å². The van der Waals surface area contributed by atoms with E-state index in [1.807, 2.05) is 24.3 Å². The van der Waals surface area contributed by atoms with Gasteiger partial charge in [0.25, 0.3) is 0 Å². The van der Waals surface area contributed by atoms with Crippen molar-refractivity contribution in [2.24, 2.45) is 0 Å². The van der Waals surface area contributed by atoms with E-state index in [1.165, 1.54) is 18.1 Å². The van der Waals surface area contributed by atoms with Crippen molar-refractivity contribution in [3.63, 3.8) is 0 Å². The van der Waals surface area contributed by atoms with Crippen LogP contribution in [0.15, 0.2) is 41.3 Å². The molecule has 1 aliphatic rings. The zero-order chi connectivity index (χ0) is 16.9. The summed E-state index contributed by atoms with van der Waals surface area (Å²) in [6, 6.07) is 9.92. The Morgan fingerprint density at radius 2 is 2.33 bits per heavy atom. The maximum atomic E-state index is 12.3. The second kappa shape index (κ2) is 7.32. The Morgan fingerprint density at radius 3 is 3.04 bits per heavy atom. The van der Waals surface area contributed by atoms with Gasteiger partial charge in [0.1, 0.15) is 18.0 Å². The van der Waals surface area contributed by atoms with E-state index in [0.29, 0.717) is 5.16 Å². The van der Waals surface area contributed by atoms with Crippen molar-refractivity contribution in [1.82, 2.24) is 15.2 Å². The standard InChI is InChI=1S/C17H16N4O2S/c1-2-23-16(22)13(9-18)15-12-6-4-3-5-11(12)7-8-14(15)24-17-19-10-20-21-17/h3-6,10,14H,2,7-8H2,1H3,(H,19,20,21). The van der Waals surface area contributed by atoms with Crippen LogP contribution in [0.25, 0.3) is 5.57 Å². The summed E-state index contributed by atoms with van der Waals surface area (Å²) in [5, 5.41) is 16.9. The molecule has 0 bridgehead atoms. The maximum Gasteiger partial charge on any atom is 0.349 e. The Labute approximate surface area is 143 Å². The number of aromatic nitrogens is 3. The highest BCUT2D eigenvalue weighted by Crippen LogP contribution is 2.41. The van der Waals surface area contributed by atoms with Crippen molar-refractivity contribution in [3.8, 4) is 6.07 Å². The Morgan fingerprint density at radius 1 is 1.50 bits per heavy atom. The van der Waals surface area contributed by atoms with Crippen LogP contribution < -0.4 is 0 Å². The summed E-state index contributed by atoms with van der Waals surface area (Å²) in [6.07, 6.45) is 3.13. The van der Waals surface area contributed by atoms with Gasteiger partial charge in [-0.2, -0.15) is 10.4 Å². The third-order valence-corrected chi connectivity index (χ3v) is 4.99. The number of nitriles is 1. The van der Waals surface area contributed by atoms with Gasteiger partial charge in [-0.1, -0.05) is 36.0 Å². The molecule has 0 saturated carbocycles. The molecule has 1 unspecified atom stereocenters. The lowest BCUT2D eigenvalue weighted by atomic mass is 9.84. The van der Waals surface area contributed by atoms with Gasteiger partial charge in [0.15, 0.2) is 5.16 Å². The summed E-state index contributed by atoms with van der Waals surface area (Å²) in [5.74, 6) is -0.574. The summed E-state index contributed by atoms with van der Waals surface area (Å²) in [7, 11) is 0. The molecule has 1 N–H and O–H groups in total. The average Bonchev–Trinajstić information content (AvgIpc) is 3.10. The van der Waals surface area contributed by atoms with E-state index in [9.17, 15) is 10.1 Å². The molecule has 1 aromatic heterocycles. The van der Waals surface area contributed by atoms with Gasteiger partial charge in [-0.05, 0) is 36.5 Å². The monoisotopic (exact) mass is 340 g/mol. The predicted molar refractivity (Wildman–Crippen MR) is 90.0 cm³/mol. The number of esters is 1. The number of H-pyrrole nitrogens is 1. The van der Waals surface area contributed by atoms with Gasteiger partial charge in [0.2, 0.25) is 0 Å². The highest BCUT2D eigenvalue weighted by molar-refractivity contribution is 8.00. The largest absolute Gasteiger partial charge is 0.462 e. The SMILES string of the molecule is CCOC(=O)C(C#N)=C1c2ccccc2CCC1Sc1ncn[nH]1. The fourth-order valence-corrected chi connectivity index (χ4v) is 3.91. The summed E-state index contributed by atoms with van der Waals surface area (Å²) >= 11 is 1.48. The van der Waals surface area contributed by atoms with Crippen molar-refractivity contribution in [2.45, 2.75) is 30.2 Å². The van der Waals surface area contributed by atoms with Gasteiger partial charge >= 0.3 is 5.97 Å². The number of carbonyl (C=O) groups excluding carboxylic acids is 1.